The van der Waals surface area contributed by atoms with Gasteiger partial charge in [-0.25, -0.2) is 0 Å². The van der Waals surface area contributed by atoms with Crippen molar-refractivity contribution < 1.29 is 5.11 Å². The van der Waals surface area contributed by atoms with E-state index in [1.807, 2.05) is 32.8 Å². The Morgan fingerprint density at radius 2 is 1.93 bits per heavy atom. The molecule has 1 N–H and O–H groups in total. The molecule has 0 fully saturated rings. The molecule has 0 heterocycles. The summed E-state index contributed by atoms with van der Waals surface area (Å²) < 4.78 is 0. The van der Waals surface area contributed by atoms with E-state index in [1.165, 1.54) is 0 Å². The van der Waals surface area contributed by atoms with Crippen molar-refractivity contribution in [2.24, 2.45) is 11.8 Å². The summed E-state index contributed by atoms with van der Waals surface area (Å²) in [4.78, 5) is 1.85. The van der Waals surface area contributed by atoms with E-state index in [0.29, 0.717) is 0 Å². The van der Waals surface area contributed by atoms with Crippen LogP contribution in [-0.2, 0) is 0 Å². The van der Waals surface area contributed by atoms with E-state index in [2.05, 4.69) is 6.07 Å². The molecule has 0 aromatic heterocycles. The molecule has 2 atom stereocenters. The second-order valence-electron chi connectivity index (χ2n) is 4.29. The maximum atomic E-state index is 10.1. The lowest BCUT2D eigenvalue weighted by atomic mass is 9.81. The molecule has 3 nitrogen and oxygen atoms in total. The highest BCUT2D eigenvalue weighted by Crippen LogP contribution is 2.26. The quantitative estimate of drug-likeness (QED) is 0.743. The minimum absolute atomic E-state index is 0.0546. The number of aliphatic hydroxyl groups is 1. The van der Waals surface area contributed by atoms with Crippen molar-refractivity contribution in [3.05, 3.63) is 12.3 Å². The molecule has 80 valence electrons. The summed E-state index contributed by atoms with van der Waals surface area (Å²) in [5.74, 6) is -0.413. The standard InChI is InChI=1S/C11H20N2O/c1-9(2)11(3,14)10(8-12)6-7-13(4)5/h6-7,9-10,14H,1-5H3/b7-6+. The minimum atomic E-state index is -0.971. The highest BCUT2D eigenvalue weighted by molar-refractivity contribution is 5.08. The van der Waals surface area contributed by atoms with Gasteiger partial charge in [-0.3, -0.25) is 0 Å². The van der Waals surface area contributed by atoms with Crippen LogP contribution in [0.4, 0.5) is 0 Å². The fourth-order valence-corrected chi connectivity index (χ4v) is 0.986. The van der Waals surface area contributed by atoms with Gasteiger partial charge in [0.2, 0.25) is 0 Å². The first-order chi connectivity index (χ1) is 6.32. The predicted octanol–water partition coefficient (Wildman–Crippen LogP) is 1.61. The van der Waals surface area contributed by atoms with Crippen molar-refractivity contribution in [2.45, 2.75) is 26.4 Å². The largest absolute Gasteiger partial charge is 0.388 e. The first-order valence-corrected chi connectivity index (χ1v) is 4.79. The zero-order chi connectivity index (χ0) is 11.4. The van der Waals surface area contributed by atoms with Crippen molar-refractivity contribution in [1.82, 2.24) is 4.90 Å². The van der Waals surface area contributed by atoms with Crippen LogP contribution in [0.1, 0.15) is 20.8 Å². The van der Waals surface area contributed by atoms with E-state index in [0.717, 1.165) is 0 Å². The zero-order valence-corrected chi connectivity index (χ0v) is 9.65. The Morgan fingerprint density at radius 1 is 1.43 bits per heavy atom. The third-order valence-electron chi connectivity index (χ3n) is 2.51. The van der Waals surface area contributed by atoms with Gasteiger partial charge in [-0.2, -0.15) is 5.26 Å². The molecular weight excluding hydrogens is 176 g/mol. The molecule has 0 saturated heterocycles. The smallest absolute Gasteiger partial charge is 0.0947 e. The van der Waals surface area contributed by atoms with Crippen LogP contribution in [0, 0.1) is 23.2 Å². The Labute approximate surface area is 86.6 Å². The molecular formula is C11H20N2O. The van der Waals surface area contributed by atoms with Crippen LogP contribution in [0.5, 0.6) is 0 Å². The van der Waals surface area contributed by atoms with E-state index in [1.54, 1.807) is 19.2 Å². The Balaban J connectivity index is 4.67. The topological polar surface area (TPSA) is 47.3 Å². The van der Waals surface area contributed by atoms with Crippen molar-refractivity contribution in [2.75, 3.05) is 14.1 Å². The number of rotatable bonds is 4. The Bertz CT molecular complexity index is 236. The molecule has 0 rings (SSSR count). The molecule has 0 aliphatic rings. The van der Waals surface area contributed by atoms with Crippen molar-refractivity contribution in [3.63, 3.8) is 0 Å². The minimum Gasteiger partial charge on any atom is -0.388 e. The van der Waals surface area contributed by atoms with Gasteiger partial charge in [0.15, 0.2) is 0 Å². The van der Waals surface area contributed by atoms with Gasteiger partial charge in [-0.1, -0.05) is 13.8 Å². The van der Waals surface area contributed by atoms with Gasteiger partial charge in [0.1, 0.15) is 0 Å². The molecule has 14 heavy (non-hydrogen) atoms. The first kappa shape index (κ1) is 13.0. The second-order valence-corrected chi connectivity index (χ2v) is 4.29. The molecule has 2 unspecified atom stereocenters. The lowest BCUT2D eigenvalue weighted by Gasteiger charge is -2.30. The SMILES string of the molecule is CC(C)C(C)(O)C(C#N)/C=C/N(C)C. The highest BCUT2D eigenvalue weighted by Gasteiger charge is 2.33. The predicted molar refractivity (Wildman–Crippen MR) is 57.4 cm³/mol. The number of nitriles is 1. The second kappa shape index (κ2) is 5.02. The van der Waals surface area contributed by atoms with E-state index in [9.17, 15) is 5.11 Å². The summed E-state index contributed by atoms with van der Waals surface area (Å²) in [6.07, 6.45) is 3.53. The summed E-state index contributed by atoms with van der Waals surface area (Å²) in [5, 5.41) is 19.0. The Morgan fingerprint density at radius 3 is 2.21 bits per heavy atom. The lowest BCUT2D eigenvalue weighted by molar-refractivity contribution is -0.00800. The summed E-state index contributed by atoms with van der Waals surface area (Å²) in [7, 11) is 3.77. The van der Waals surface area contributed by atoms with Crippen LogP contribution < -0.4 is 0 Å². The van der Waals surface area contributed by atoms with Gasteiger partial charge in [-0.15, -0.1) is 0 Å². The van der Waals surface area contributed by atoms with Gasteiger partial charge < -0.3 is 10.0 Å². The maximum Gasteiger partial charge on any atom is 0.0947 e. The van der Waals surface area contributed by atoms with Crippen LogP contribution in [0.25, 0.3) is 0 Å². The molecule has 0 radical (unpaired) electrons. The van der Waals surface area contributed by atoms with E-state index in [4.69, 9.17) is 5.26 Å². The molecule has 3 heteroatoms. The molecule has 0 spiro atoms. The summed E-state index contributed by atoms with van der Waals surface area (Å²) in [6, 6.07) is 2.12. The average Bonchev–Trinajstić information content (AvgIpc) is 2.04. The van der Waals surface area contributed by atoms with Crippen molar-refractivity contribution in [1.29, 1.82) is 5.26 Å². The van der Waals surface area contributed by atoms with E-state index >= 15 is 0 Å². The molecule has 0 bridgehead atoms. The maximum absolute atomic E-state index is 10.1. The molecule has 0 aromatic carbocycles. The number of nitrogens with zero attached hydrogens (tertiary/aromatic N) is 2. The number of hydrogen-bond donors (Lipinski definition) is 1. The van der Waals surface area contributed by atoms with Gasteiger partial charge in [-0.05, 0) is 25.1 Å². The summed E-state index contributed by atoms with van der Waals surface area (Å²) in [6.45, 7) is 5.52. The monoisotopic (exact) mass is 196 g/mol. The summed E-state index contributed by atoms with van der Waals surface area (Å²) >= 11 is 0. The number of hydrogen-bond acceptors (Lipinski definition) is 3. The fraction of sp³-hybridized carbons (Fsp3) is 0.727. The van der Waals surface area contributed by atoms with Crippen molar-refractivity contribution >= 4 is 0 Å². The zero-order valence-electron chi connectivity index (χ0n) is 9.65. The molecule has 0 aliphatic carbocycles. The normalized spacial score (nSPS) is 17.9. The lowest BCUT2D eigenvalue weighted by Crippen LogP contribution is -2.38. The highest BCUT2D eigenvalue weighted by atomic mass is 16.3. The fourth-order valence-electron chi connectivity index (χ4n) is 0.986. The van der Waals surface area contributed by atoms with Gasteiger partial charge in [0, 0.05) is 14.1 Å². The van der Waals surface area contributed by atoms with Crippen LogP contribution in [-0.4, -0.2) is 29.7 Å². The van der Waals surface area contributed by atoms with Crippen LogP contribution in [0.3, 0.4) is 0 Å². The van der Waals surface area contributed by atoms with Crippen LogP contribution in [0.2, 0.25) is 0 Å². The molecule has 0 amide bonds. The van der Waals surface area contributed by atoms with E-state index in [-0.39, 0.29) is 5.92 Å². The van der Waals surface area contributed by atoms with Gasteiger partial charge in [0.25, 0.3) is 0 Å². The van der Waals surface area contributed by atoms with Crippen LogP contribution in [0.15, 0.2) is 12.3 Å². The third-order valence-corrected chi connectivity index (χ3v) is 2.51. The van der Waals surface area contributed by atoms with Gasteiger partial charge in [0.05, 0.1) is 17.6 Å². The first-order valence-electron chi connectivity index (χ1n) is 4.79. The molecule has 0 aromatic rings. The van der Waals surface area contributed by atoms with Crippen LogP contribution >= 0.6 is 0 Å². The molecule has 0 aliphatic heterocycles. The Kier molecular flexibility index (Phi) is 4.65. The Hall–Kier alpha value is -1.01. The third kappa shape index (κ3) is 3.39. The van der Waals surface area contributed by atoms with Gasteiger partial charge >= 0.3 is 0 Å². The van der Waals surface area contributed by atoms with E-state index < -0.39 is 11.5 Å². The van der Waals surface area contributed by atoms with Crippen molar-refractivity contribution in [3.8, 4) is 6.07 Å². The molecule has 0 saturated carbocycles. The average molecular weight is 196 g/mol. The summed E-state index contributed by atoms with van der Waals surface area (Å²) in [5.41, 5.74) is -0.971.